The van der Waals surface area contributed by atoms with E-state index in [0.29, 0.717) is 39.0 Å². The van der Waals surface area contributed by atoms with Crippen molar-refractivity contribution in [3.05, 3.63) is 48.4 Å². The van der Waals surface area contributed by atoms with Gasteiger partial charge >= 0.3 is 6.03 Å². The van der Waals surface area contributed by atoms with Crippen LogP contribution in [0.5, 0.6) is 5.75 Å². The summed E-state index contributed by atoms with van der Waals surface area (Å²) in [7, 11) is 0. The Balaban J connectivity index is 1.35. The zero-order valence-electron chi connectivity index (χ0n) is 16.7. The van der Waals surface area contributed by atoms with Crippen LogP contribution in [0.25, 0.3) is 0 Å². The minimum absolute atomic E-state index is 0.00114. The van der Waals surface area contributed by atoms with Crippen molar-refractivity contribution >= 4 is 17.6 Å². The smallest absolute Gasteiger partial charge is 0.324 e. The van der Waals surface area contributed by atoms with Gasteiger partial charge in [0.25, 0.3) is 0 Å². The number of para-hydroxylation sites is 2. The monoisotopic (exact) mass is 397 g/mol. The van der Waals surface area contributed by atoms with Crippen LogP contribution in [-0.2, 0) is 11.3 Å². The molecule has 4 rings (SSSR count). The van der Waals surface area contributed by atoms with Gasteiger partial charge in [-0.2, -0.15) is 0 Å². The van der Waals surface area contributed by atoms with Gasteiger partial charge in [0.05, 0.1) is 25.0 Å². The third kappa shape index (κ3) is 4.23. The maximum absolute atomic E-state index is 13.2. The average molecular weight is 397 g/mol. The number of rotatable bonds is 4. The molecule has 2 aliphatic rings. The van der Waals surface area contributed by atoms with Crippen molar-refractivity contribution in [3.8, 4) is 5.75 Å². The first-order valence-corrected chi connectivity index (χ1v) is 10.3. The van der Waals surface area contributed by atoms with Gasteiger partial charge < -0.3 is 19.4 Å². The molecule has 0 spiro atoms. The molecule has 0 saturated carbocycles. The highest BCUT2D eigenvalue weighted by Gasteiger charge is 2.34. The standard InChI is InChI=1S/C22H27N3O4/c1-2-17-15-25(19-7-3-4-8-20(19)29-17)22(27)24-11-9-16(10-12-24)21(26)23-14-18-6-5-13-28-18/h3-8,13,16-17H,2,9-12,14-15H2,1H3,(H,23,26)/t17-/m0/s1. The van der Waals surface area contributed by atoms with Gasteiger partial charge in [-0.25, -0.2) is 4.79 Å². The molecule has 0 radical (unpaired) electrons. The van der Waals surface area contributed by atoms with Crippen LogP contribution in [0.1, 0.15) is 31.9 Å². The fourth-order valence-corrected chi connectivity index (χ4v) is 3.93. The highest BCUT2D eigenvalue weighted by atomic mass is 16.5. The fraction of sp³-hybridized carbons (Fsp3) is 0.455. The average Bonchev–Trinajstić information content (AvgIpc) is 3.30. The first kappa shape index (κ1) is 19.4. The number of carbonyl (C=O) groups is 2. The molecule has 1 N–H and O–H groups in total. The Morgan fingerprint density at radius 1 is 1.14 bits per heavy atom. The van der Waals surface area contributed by atoms with Crippen molar-refractivity contribution in [1.29, 1.82) is 0 Å². The molecular weight excluding hydrogens is 370 g/mol. The number of hydrogen-bond donors (Lipinski definition) is 1. The molecule has 0 bridgehead atoms. The van der Waals surface area contributed by atoms with Crippen LogP contribution in [-0.4, -0.2) is 42.6 Å². The number of amides is 3. The van der Waals surface area contributed by atoms with Crippen molar-refractivity contribution < 1.29 is 18.7 Å². The molecule has 1 fully saturated rings. The molecule has 0 aliphatic carbocycles. The summed E-state index contributed by atoms with van der Waals surface area (Å²) in [4.78, 5) is 29.3. The third-order valence-corrected chi connectivity index (χ3v) is 5.68. The summed E-state index contributed by atoms with van der Waals surface area (Å²) in [6.07, 6.45) is 3.77. The first-order valence-electron chi connectivity index (χ1n) is 10.3. The van der Waals surface area contributed by atoms with Crippen molar-refractivity contribution in [2.24, 2.45) is 5.92 Å². The molecule has 1 aromatic heterocycles. The number of nitrogens with one attached hydrogen (secondary N) is 1. The van der Waals surface area contributed by atoms with Gasteiger partial charge in [-0.05, 0) is 43.5 Å². The SMILES string of the molecule is CC[C@H]1CN(C(=O)N2CCC(C(=O)NCc3ccco3)CC2)c2ccccc2O1. The zero-order chi connectivity index (χ0) is 20.2. The summed E-state index contributed by atoms with van der Waals surface area (Å²) >= 11 is 0. The van der Waals surface area contributed by atoms with Crippen LogP contribution < -0.4 is 15.0 Å². The van der Waals surface area contributed by atoms with Gasteiger partial charge in [0.15, 0.2) is 0 Å². The quantitative estimate of drug-likeness (QED) is 0.858. The Labute approximate surface area is 170 Å². The minimum atomic E-state index is -0.0747. The molecule has 3 amide bonds. The highest BCUT2D eigenvalue weighted by molar-refractivity contribution is 5.94. The number of urea groups is 1. The van der Waals surface area contributed by atoms with Crippen LogP contribution in [0.3, 0.4) is 0 Å². The maximum atomic E-state index is 13.2. The lowest BCUT2D eigenvalue weighted by Gasteiger charge is -2.39. The van der Waals surface area contributed by atoms with Crippen LogP contribution in [0, 0.1) is 5.92 Å². The molecule has 3 heterocycles. The number of piperidine rings is 1. The second kappa shape index (κ2) is 8.59. The lowest BCUT2D eigenvalue weighted by molar-refractivity contribution is -0.126. The first-order chi connectivity index (χ1) is 14.2. The molecule has 2 aromatic rings. The largest absolute Gasteiger partial charge is 0.486 e. The molecule has 2 aliphatic heterocycles. The summed E-state index contributed by atoms with van der Waals surface area (Å²) in [6, 6.07) is 11.3. The predicted molar refractivity (Wildman–Crippen MR) is 109 cm³/mol. The zero-order valence-corrected chi connectivity index (χ0v) is 16.7. The summed E-state index contributed by atoms with van der Waals surface area (Å²) < 4.78 is 11.2. The summed E-state index contributed by atoms with van der Waals surface area (Å²) in [5.74, 6) is 1.44. The number of anilines is 1. The number of benzene rings is 1. The fourth-order valence-electron chi connectivity index (χ4n) is 3.93. The van der Waals surface area contributed by atoms with Gasteiger partial charge in [-0.15, -0.1) is 0 Å². The third-order valence-electron chi connectivity index (χ3n) is 5.68. The van der Waals surface area contributed by atoms with E-state index in [-0.39, 0.29) is 24.0 Å². The molecular formula is C22H27N3O4. The van der Waals surface area contributed by atoms with Crippen molar-refractivity contribution in [3.63, 3.8) is 0 Å². The number of hydrogen-bond acceptors (Lipinski definition) is 4. The Kier molecular flexibility index (Phi) is 5.74. The Hall–Kier alpha value is -2.96. The van der Waals surface area contributed by atoms with Crippen LogP contribution in [0.4, 0.5) is 10.5 Å². The molecule has 29 heavy (non-hydrogen) atoms. The number of furan rings is 1. The van der Waals surface area contributed by atoms with Crippen LogP contribution in [0.2, 0.25) is 0 Å². The molecule has 154 valence electrons. The van der Waals surface area contributed by atoms with Crippen molar-refractivity contribution in [2.75, 3.05) is 24.5 Å². The number of carbonyl (C=O) groups excluding carboxylic acids is 2. The normalized spacial score (nSPS) is 19.4. The molecule has 0 unspecified atom stereocenters. The van der Waals surface area contributed by atoms with E-state index in [0.717, 1.165) is 23.6 Å². The van der Waals surface area contributed by atoms with E-state index >= 15 is 0 Å². The van der Waals surface area contributed by atoms with Gasteiger partial charge in [0.2, 0.25) is 5.91 Å². The second-order valence-corrected chi connectivity index (χ2v) is 7.57. The highest BCUT2D eigenvalue weighted by Crippen LogP contribution is 2.35. The van der Waals surface area contributed by atoms with Crippen LogP contribution in [0.15, 0.2) is 47.1 Å². The molecule has 1 saturated heterocycles. The Bertz CT molecular complexity index is 844. The van der Waals surface area contributed by atoms with Gasteiger partial charge in [0, 0.05) is 19.0 Å². The summed E-state index contributed by atoms with van der Waals surface area (Å²) in [5.41, 5.74) is 0.820. The molecule has 1 aromatic carbocycles. The van der Waals surface area contributed by atoms with E-state index in [4.69, 9.17) is 9.15 Å². The van der Waals surface area contributed by atoms with Gasteiger partial charge in [-0.3, -0.25) is 9.69 Å². The molecule has 7 nitrogen and oxygen atoms in total. The van der Waals surface area contributed by atoms with Gasteiger partial charge in [-0.1, -0.05) is 19.1 Å². The Morgan fingerprint density at radius 3 is 2.66 bits per heavy atom. The molecule has 7 heteroatoms. The van der Waals surface area contributed by atoms with E-state index in [1.54, 1.807) is 12.3 Å². The predicted octanol–water partition coefficient (Wildman–Crippen LogP) is 3.41. The van der Waals surface area contributed by atoms with E-state index in [9.17, 15) is 9.59 Å². The van der Waals surface area contributed by atoms with E-state index in [1.807, 2.05) is 40.1 Å². The maximum Gasteiger partial charge on any atom is 0.324 e. The Morgan fingerprint density at radius 2 is 1.93 bits per heavy atom. The topological polar surface area (TPSA) is 75.0 Å². The van der Waals surface area contributed by atoms with Crippen molar-refractivity contribution in [1.82, 2.24) is 10.2 Å². The summed E-state index contributed by atoms with van der Waals surface area (Å²) in [6.45, 7) is 4.17. The number of fused-ring (bicyclic) bond motifs is 1. The van der Waals surface area contributed by atoms with Crippen molar-refractivity contribution in [2.45, 2.75) is 38.8 Å². The van der Waals surface area contributed by atoms with E-state index in [2.05, 4.69) is 12.2 Å². The second-order valence-electron chi connectivity index (χ2n) is 7.57. The summed E-state index contributed by atoms with van der Waals surface area (Å²) in [5, 5.41) is 2.93. The number of ether oxygens (including phenoxy) is 1. The minimum Gasteiger partial charge on any atom is -0.486 e. The number of likely N-dealkylation sites (tertiary alicyclic amines) is 1. The van der Waals surface area contributed by atoms with E-state index in [1.165, 1.54) is 0 Å². The van der Waals surface area contributed by atoms with Gasteiger partial charge in [0.1, 0.15) is 17.6 Å². The number of nitrogens with zero attached hydrogens (tertiary/aromatic N) is 2. The van der Waals surface area contributed by atoms with Crippen LogP contribution >= 0.6 is 0 Å². The molecule has 1 atom stereocenters. The lowest BCUT2D eigenvalue weighted by atomic mass is 9.96. The van der Waals surface area contributed by atoms with E-state index < -0.39 is 0 Å². The lowest BCUT2D eigenvalue weighted by Crippen LogP contribution is -2.52.